The lowest BCUT2D eigenvalue weighted by atomic mass is 10.1. The Kier molecular flexibility index (Phi) is 7.42. The van der Waals surface area contributed by atoms with Gasteiger partial charge in [0.2, 0.25) is 0 Å². The molecule has 108 valence electrons. The molecule has 0 heterocycles. The second-order valence-electron chi connectivity index (χ2n) is 4.80. The molecule has 3 nitrogen and oxygen atoms in total. The predicted octanol–water partition coefficient (Wildman–Crippen LogP) is 3.40. The Bertz CT molecular complexity index is 382. The van der Waals surface area contributed by atoms with E-state index in [1.807, 2.05) is 12.1 Å². The van der Waals surface area contributed by atoms with Crippen molar-refractivity contribution < 1.29 is 9.47 Å². The number of benzene rings is 1. The average molecular weight is 330 g/mol. The Hall–Kier alpha value is -0.580. The quantitative estimate of drug-likeness (QED) is 0.792. The molecule has 1 aromatic rings. The zero-order valence-electron chi connectivity index (χ0n) is 12.2. The summed E-state index contributed by atoms with van der Waals surface area (Å²) in [5.41, 5.74) is 1.23. The fourth-order valence-electron chi connectivity index (χ4n) is 1.89. The molecule has 0 aromatic heterocycles. The Balaban J connectivity index is 2.71. The van der Waals surface area contributed by atoms with E-state index in [1.54, 1.807) is 7.11 Å². The Morgan fingerprint density at radius 1 is 1.32 bits per heavy atom. The van der Waals surface area contributed by atoms with Crippen LogP contribution in [0.2, 0.25) is 0 Å². The standard InChI is InChI=1S/C15H24BrNO2/c1-5-17-13(10-19-11(2)3)8-12-9-14(18-4)6-7-15(12)16/h6-7,9,11,13,17H,5,8,10H2,1-4H3. The van der Waals surface area contributed by atoms with E-state index >= 15 is 0 Å². The first-order valence-corrected chi connectivity index (χ1v) is 7.53. The number of hydrogen-bond acceptors (Lipinski definition) is 3. The molecule has 1 unspecified atom stereocenters. The van der Waals surface area contributed by atoms with Gasteiger partial charge in [-0.15, -0.1) is 0 Å². The van der Waals surface area contributed by atoms with Crippen LogP contribution >= 0.6 is 15.9 Å². The topological polar surface area (TPSA) is 30.5 Å². The average Bonchev–Trinajstić information content (AvgIpc) is 2.38. The van der Waals surface area contributed by atoms with Gasteiger partial charge in [-0.2, -0.15) is 0 Å². The number of nitrogens with one attached hydrogen (secondary N) is 1. The molecule has 1 rings (SSSR count). The highest BCUT2D eigenvalue weighted by Gasteiger charge is 2.12. The van der Waals surface area contributed by atoms with Crippen molar-refractivity contribution in [1.82, 2.24) is 5.32 Å². The van der Waals surface area contributed by atoms with Gasteiger partial charge in [-0.1, -0.05) is 22.9 Å². The van der Waals surface area contributed by atoms with E-state index in [4.69, 9.17) is 9.47 Å². The van der Waals surface area contributed by atoms with Crippen LogP contribution in [0.1, 0.15) is 26.3 Å². The number of hydrogen-bond donors (Lipinski definition) is 1. The lowest BCUT2D eigenvalue weighted by molar-refractivity contribution is 0.0615. The van der Waals surface area contributed by atoms with Crippen LogP contribution < -0.4 is 10.1 Å². The van der Waals surface area contributed by atoms with Gasteiger partial charge in [0.05, 0.1) is 19.8 Å². The molecule has 0 fully saturated rings. The fourth-order valence-corrected chi connectivity index (χ4v) is 2.30. The molecule has 0 bridgehead atoms. The molecule has 1 N–H and O–H groups in total. The smallest absolute Gasteiger partial charge is 0.119 e. The first kappa shape index (κ1) is 16.5. The van der Waals surface area contributed by atoms with Gasteiger partial charge >= 0.3 is 0 Å². The second-order valence-corrected chi connectivity index (χ2v) is 5.65. The molecule has 4 heteroatoms. The molecule has 1 atom stereocenters. The molecule has 0 saturated heterocycles. The number of rotatable bonds is 8. The summed E-state index contributed by atoms with van der Waals surface area (Å²) in [6, 6.07) is 6.38. The van der Waals surface area contributed by atoms with Crippen LogP contribution in [0.5, 0.6) is 5.75 Å². The normalized spacial score (nSPS) is 12.7. The van der Waals surface area contributed by atoms with E-state index in [9.17, 15) is 0 Å². The highest BCUT2D eigenvalue weighted by atomic mass is 79.9. The van der Waals surface area contributed by atoms with Gasteiger partial charge in [0.15, 0.2) is 0 Å². The summed E-state index contributed by atoms with van der Waals surface area (Å²) in [5.74, 6) is 0.887. The maximum Gasteiger partial charge on any atom is 0.119 e. The summed E-state index contributed by atoms with van der Waals surface area (Å²) in [6.07, 6.45) is 1.17. The van der Waals surface area contributed by atoms with Gasteiger partial charge in [0.1, 0.15) is 5.75 Å². The first-order valence-electron chi connectivity index (χ1n) is 6.74. The summed E-state index contributed by atoms with van der Waals surface area (Å²) in [5, 5.41) is 3.46. The zero-order valence-corrected chi connectivity index (χ0v) is 13.8. The Morgan fingerprint density at radius 2 is 2.05 bits per heavy atom. The van der Waals surface area contributed by atoms with Crippen molar-refractivity contribution in [3.63, 3.8) is 0 Å². The molecule has 19 heavy (non-hydrogen) atoms. The fraction of sp³-hybridized carbons (Fsp3) is 0.600. The molecule has 1 aromatic carbocycles. The third-order valence-electron chi connectivity index (χ3n) is 2.84. The van der Waals surface area contributed by atoms with Gasteiger partial charge < -0.3 is 14.8 Å². The maximum atomic E-state index is 5.72. The van der Waals surface area contributed by atoms with E-state index in [-0.39, 0.29) is 6.10 Å². The number of likely N-dealkylation sites (N-methyl/N-ethyl adjacent to an activating group) is 1. The zero-order chi connectivity index (χ0) is 14.3. The lowest BCUT2D eigenvalue weighted by Crippen LogP contribution is -2.36. The van der Waals surface area contributed by atoms with E-state index in [1.165, 1.54) is 5.56 Å². The van der Waals surface area contributed by atoms with E-state index in [0.717, 1.165) is 29.8 Å². The van der Waals surface area contributed by atoms with Gasteiger partial charge in [-0.05, 0) is 50.6 Å². The second kappa shape index (κ2) is 8.56. The summed E-state index contributed by atoms with van der Waals surface area (Å²) >= 11 is 3.60. The molecular weight excluding hydrogens is 306 g/mol. The summed E-state index contributed by atoms with van der Waals surface area (Å²) < 4.78 is 12.1. The SMILES string of the molecule is CCNC(COC(C)C)Cc1cc(OC)ccc1Br. The van der Waals surface area contributed by atoms with Crippen LogP contribution in [-0.4, -0.2) is 32.4 Å². The van der Waals surface area contributed by atoms with Gasteiger partial charge in [0.25, 0.3) is 0 Å². The highest BCUT2D eigenvalue weighted by molar-refractivity contribution is 9.10. The monoisotopic (exact) mass is 329 g/mol. The van der Waals surface area contributed by atoms with Crippen LogP contribution in [0, 0.1) is 0 Å². The van der Waals surface area contributed by atoms with Crippen molar-refractivity contribution in [3.8, 4) is 5.75 Å². The largest absolute Gasteiger partial charge is 0.497 e. The molecule has 0 aliphatic rings. The van der Waals surface area contributed by atoms with Crippen molar-refractivity contribution in [2.24, 2.45) is 0 Å². The number of halogens is 1. The first-order chi connectivity index (χ1) is 9.06. The van der Waals surface area contributed by atoms with Crippen molar-refractivity contribution >= 4 is 15.9 Å². The Morgan fingerprint density at radius 3 is 2.63 bits per heavy atom. The lowest BCUT2D eigenvalue weighted by Gasteiger charge is -2.20. The minimum Gasteiger partial charge on any atom is -0.497 e. The molecule has 0 spiro atoms. The van der Waals surface area contributed by atoms with Crippen LogP contribution in [0.3, 0.4) is 0 Å². The summed E-state index contributed by atoms with van der Waals surface area (Å²) in [4.78, 5) is 0. The van der Waals surface area contributed by atoms with Crippen LogP contribution in [0.25, 0.3) is 0 Å². The molecule has 0 aliphatic carbocycles. The molecule has 0 radical (unpaired) electrons. The van der Waals surface area contributed by atoms with Gasteiger partial charge in [-0.25, -0.2) is 0 Å². The molecule has 0 saturated carbocycles. The van der Waals surface area contributed by atoms with Crippen molar-refractivity contribution in [1.29, 1.82) is 0 Å². The van der Waals surface area contributed by atoms with Gasteiger partial charge in [-0.3, -0.25) is 0 Å². The predicted molar refractivity (Wildman–Crippen MR) is 83.0 cm³/mol. The van der Waals surface area contributed by atoms with Crippen LogP contribution in [0.15, 0.2) is 22.7 Å². The van der Waals surface area contributed by atoms with Crippen LogP contribution in [0.4, 0.5) is 0 Å². The maximum absolute atomic E-state index is 5.72. The summed E-state index contributed by atoms with van der Waals surface area (Å²) in [6.45, 7) is 7.89. The third-order valence-corrected chi connectivity index (χ3v) is 3.62. The number of methoxy groups -OCH3 is 1. The highest BCUT2D eigenvalue weighted by Crippen LogP contribution is 2.23. The van der Waals surface area contributed by atoms with E-state index < -0.39 is 0 Å². The van der Waals surface area contributed by atoms with Crippen LogP contribution in [-0.2, 0) is 11.2 Å². The molecule has 0 amide bonds. The minimum atomic E-state index is 0.259. The third kappa shape index (κ3) is 5.93. The van der Waals surface area contributed by atoms with Crippen molar-refractivity contribution in [3.05, 3.63) is 28.2 Å². The Labute approximate surface area is 124 Å². The van der Waals surface area contributed by atoms with E-state index in [0.29, 0.717) is 6.04 Å². The van der Waals surface area contributed by atoms with Gasteiger partial charge in [0, 0.05) is 10.5 Å². The summed E-state index contributed by atoms with van der Waals surface area (Å²) in [7, 11) is 1.69. The molecular formula is C15H24BrNO2. The number of ether oxygens (including phenoxy) is 2. The molecule has 0 aliphatic heterocycles. The van der Waals surface area contributed by atoms with Crippen molar-refractivity contribution in [2.75, 3.05) is 20.3 Å². The van der Waals surface area contributed by atoms with Crippen molar-refractivity contribution in [2.45, 2.75) is 39.3 Å². The minimum absolute atomic E-state index is 0.259. The van der Waals surface area contributed by atoms with E-state index in [2.05, 4.69) is 48.1 Å².